The summed E-state index contributed by atoms with van der Waals surface area (Å²) in [5.74, 6) is -1.02. The minimum Gasteiger partial charge on any atom is -0.508 e. The molecule has 2 aromatic carbocycles. The molecule has 1 aliphatic heterocycles. The predicted octanol–water partition coefficient (Wildman–Crippen LogP) is 2.97. The zero-order valence-electron chi connectivity index (χ0n) is 16.9. The molecule has 2 aromatic rings. The number of morpholine rings is 1. The Morgan fingerprint density at radius 3 is 2.34 bits per heavy atom. The van der Waals surface area contributed by atoms with Gasteiger partial charge in [0, 0.05) is 26.2 Å². The standard InChI is InChI=1S/C22H26N2O5/c1-14(2)16-12-17(20(26)13-19(16)25)21(27)23(3)18-7-5-4-6-15(18)22(28)24-8-10-29-11-9-24/h4-7,12-14,25-26H,8-11H2,1-3H3. The van der Waals surface area contributed by atoms with Crippen molar-refractivity contribution in [2.45, 2.75) is 19.8 Å². The van der Waals surface area contributed by atoms with E-state index in [2.05, 4.69) is 0 Å². The molecule has 0 saturated carbocycles. The van der Waals surface area contributed by atoms with Crippen LogP contribution in [0, 0.1) is 0 Å². The van der Waals surface area contributed by atoms with E-state index in [0.717, 1.165) is 0 Å². The van der Waals surface area contributed by atoms with Gasteiger partial charge in [-0.25, -0.2) is 0 Å². The summed E-state index contributed by atoms with van der Waals surface area (Å²) in [6.07, 6.45) is 0. The number of rotatable bonds is 4. The Bertz CT molecular complexity index is 919. The van der Waals surface area contributed by atoms with Gasteiger partial charge in [-0.05, 0) is 29.7 Å². The van der Waals surface area contributed by atoms with Crippen molar-refractivity contribution in [1.29, 1.82) is 0 Å². The molecule has 0 atom stereocenters. The number of benzene rings is 2. The molecule has 3 rings (SSSR count). The number of hydrogen-bond donors (Lipinski definition) is 2. The van der Waals surface area contributed by atoms with Crippen molar-refractivity contribution in [2.24, 2.45) is 0 Å². The van der Waals surface area contributed by atoms with Gasteiger partial charge in [-0.3, -0.25) is 9.59 Å². The highest BCUT2D eigenvalue weighted by atomic mass is 16.5. The van der Waals surface area contributed by atoms with E-state index in [1.54, 1.807) is 36.2 Å². The van der Waals surface area contributed by atoms with Crippen molar-refractivity contribution in [3.8, 4) is 11.5 Å². The van der Waals surface area contributed by atoms with E-state index in [9.17, 15) is 19.8 Å². The highest BCUT2D eigenvalue weighted by Crippen LogP contribution is 2.34. The fraction of sp³-hybridized carbons (Fsp3) is 0.364. The van der Waals surface area contributed by atoms with Crippen molar-refractivity contribution in [1.82, 2.24) is 4.90 Å². The third kappa shape index (κ3) is 4.19. The van der Waals surface area contributed by atoms with Gasteiger partial charge in [0.25, 0.3) is 11.8 Å². The fourth-order valence-electron chi connectivity index (χ4n) is 3.40. The molecule has 2 N–H and O–H groups in total. The summed E-state index contributed by atoms with van der Waals surface area (Å²) in [5, 5.41) is 20.3. The van der Waals surface area contributed by atoms with Crippen LogP contribution in [0.4, 0.5) is 5.69 Å². The van der Waals surface area contributed by atoms with Gasteiger partial charge in [0.2, 0.25) is 0 Å². The van der Waals surface area contributed by atoms with E-state index in [1.165, 1.54) is 17.0 Å². The molecule has 0 spiro atoms. The van der Waals surface area contributed by atoms with Crippen molar-refractivity contribution in [3.63, 3.8) is 0 Å². The van der Waals surface area contributed by atoms with Gasteiger partial charge >= 0.3 is 0 Å². The van der Waals surface area contributed by atoms with Crippen LogP contribution in [0.2, 0.25) is 0 Å². The number of phenolic OH excluding ortho intramolecular Hbond substituents is 2. The fourth-order valence-corrected chi connectivity index (χ4v) is 3.40. The second kappa shape index (κ2) is 8.53. The summed E-state index contributed by atoms with van der Waals surface area (Å²) >= 11 is 0. The molecule has 0 aliphatic carbocycles. The minimum atomic E-state index is -0.466. The molecule has 1 saturated heterocycles. The number of anilines is 1. The lowest BCUT2D eigenvalue weighted by molar-refractivity contribution is 0.0303. The highest BCUT2D eigenvalue weighted by Gasteiger charge is 2.26. The van der Waals surface area contributed by atoms with Crippen LogP contribution in [0.25, 0.3) is 0 Å². The Hall–Kier alpha value is -3.06. The van der Waals surface area contributed by atoms with Crippen LogP contribution >= 0.6 is 0 Å². The maximum Gasteiger partial charge on any atom is 0.261 e. The molecule has 1 fully saturated rings. The molecular weight excluding hydrogens is 372 g/mol. The minimum absolute atomic E-state index is 0.0253. The summed E-state index contributed by atoms with van der Waals surface area (Å²) < 4.78 is 5.31. The third-order valence-electron chi connectivity index (χ3n) is 5.10. The van der Waals surface area contributed by atoms with Crippen LogP contribution in [-0.4, -0.2) is 60.3 Å². The number of aromatic hydroxyl groups is 2. The zero-order valence-corrected chi connectivity index (χ0v) is 16.9. The average Bonchev–Trinajstić information content (AvgIpc) is 2.72. The maximum absolute atomic E-state index is 13.1. The SMILES string of the molecule is CC(C)c1cc(C(=O)N(C)c2ccccc2C(=O)N2CCOCC2)c(O)cc1O. The largest absolute Gasteiger partial charge is 0.508 e. The normalized spacial score (nSPS) is 14.1. The average molecular weight is 398 g/mol. The van der Waals surface area contributed by atoms with Crippen LogP contribution in [0.3, 0.4) is 0 Å². The van der Waals surface area contributed by atoms with Gasteiger partial charge in [0.05, 0.1) is 30.0 Å². The number of ether oxygens (including phenoxy) is 1. The van der Waals surface area contributed by atoms with Gasteiger partial charge in [0.15, 0.2) is 0 Å². The maximum atomic E-state index is 13.1. The summed E-state index contributed by atoms with van der Waals surface area (Å²) in [5.41, 5.74) is 1.50. The summed E-state index contributed by atoms with van der Waals surface area (Å²) in [6.45, 7) is 5.76. The van der Waals surface area contributed by atoms with Gasteiger partial charge in [0.1, 0.15) is 11.5 Å². The van der Waals surface area contributed by atoms with Crippen molar-refractivity contribution >= 4 is 17.5 Å². The lowest BCUT2D eigenvalue weighted by Crippen LogP contribution is -2.41. The third-order valence-corrected chi connectivity index (χ3v) is 5.10. The second-order valence-corrected chi connectivity index (χ2v) is 7.37. The first-order valence-electron chi connectivity index (χ1n) is 9.61. The van der Waals surface area contributed by atoms with E-state index < -0.39 is 5.91 Å². The topological polar surface area (TPSA) is 90.3 Å². The molecule has 1 heterocycles. The zero-order chi connectivity index (χ0) is 21.1. The van der Waals surface area contributed by atoms with Crippen LogP contribution in [0.15, 0.2) is 36.4 Å². The molecule has 0 radical (unpaired) electrons. The van der Waals surface area contributed by atoms with Gasteiger partial charge in [-0.1, -0.05) is 26.0 Å². The van der Waals surface area contributed by atoms with E-state index in [1.807, 2.05) is 13.8 Å². The monoisotopic (exact) mass is 398 g/mol. The second-order valence-electron chi connectivity index (χ2n) is 7.37. The first-order chi connectivity index (χ1) is 13.8. The first-order valence-corrected chi connectivity index (χ1v) is 9.61. The Kier molecular flexibility index (Phi) is 6.08. The smallest absolute Gasteiger partial charge is 0.261 e. The number of carbonyl (C=O) groups excluding carboxylic acids is 2. The Balaban J connectivity index is 1.95. The number of carbonyl (C=O) groups is 2. The van der Waals surface area contributed by atoms with Gasteiger partial charge in [-0.15, -0.1) is 0 Å². The molecule has 0 bridgehead atoms. The summed E-state index contributed by atoms with van der Waals surface area (Å²) in [4.78, 5) is 29.2. The van der Waals surface area contributed by atoms with Gasteiger partial charge < -0.3 is 24.7 Å². The molecule has 0 aromatic heterocycles. The Morgan fingerprint density at radius 2 is 1.69 bits per heavy atom. The molecule has 1 aliphatic rings. The van der Waals surface area contributed by atoms with Gasteiger partial charge in [-0.2, -0.15) is 0 Å². The van der Waals surface area contributed by atoms with Crippen molar-refractivity contribution < 1.29 is 24.5 Å². The first kappa shape index (κ1) is 20.7. The number of nitrogens with zero attached hydrogens (tertiary/aromatic N) is 2. The molecule has 0 unspecified atom stereocenters. The Morgan fingerprint density at radius 1 is 1.03 bits per heavy atom. The Labute approximate surface area is 170 Å². The quantitative estimate of drug-likeness (QED) is 0.826. The molecule has 7 nitrogen and oxygen atoms in total. The molecule has 154 valence electrons. The number of hydrogen-bond acceptors (Lipinski definition) is 5. The van der Waals surface area contributed by atoms with Crippen LogP contribution in [0.1, 0.15) is 46.0 Å². The lowest BCUT2D eigenvalue weighted by atomic mass is 9.98. The molecule has 29 heavy (non-hydrogen) atoms. The number of amides is 2. The van der Waals surface area contributed by atoms with E-state index in [-0.39, 0.29) is 28.9 Å². The van der Waals surface area contributed by atoms with Crippen LogP contribution < -0.4 is 4.90 Å². The van der Waals surface area contributed by atoms with Crippen LogP contribution in [0.5, 0.6) is 11.5 Å². The summed E-state index contributed by atoms with van der Waals surface area (Å²) in [6, 6.07) is 9.58. The van der Waals surface area contributed by atoms with Crippen LogP contribution in [-0.2, 0) is 4.74 Å². The van der Waals surface area contributed by atoms with Crippen molar-refractivity contribution in [2.75, 3.05) is 38.3 Å². The number of para-hydroxylation sites is 1. The lowest BCUT2D eigenvalue weighted by Gasteiger charge is -2.29. The number of phenols is 2. The molecule has 7 heteroatoms. The highest BCUT2D eigenvalue weighted by molar-refractivity contribution is 6.11. The van der Waals surface area contributed by atoms with E-state index in [0.29, 0.717) is 43.1 Å². The predicted molar refractivity (Wildman–Crippen MR) is 110 cm³/mol. The summed E-state index contributed by atoms with van der Waals surface area (Å²) in [7, 11) is 1.56. The van der Waals surface area contributed by atoms with E-state index in [4.69, 9.17) is 4.74 Å². The molecular formula is C22H26N2O5. The molecule has 2 amide bonds. The van der Waals surface area contributed by atoms with E-state index >= 15 is 0 Å². The van der Waals surface area contributed by atoms with Crippen molar-refractivity contribution in [3.05, 3.63) is 53.1 Å².